The molecule has 0 fully saturated rings. The summed E-state index contributed by atoms with van der Waals surface area (Å²) < 4.78 is 42.8. The molecule has 0 aliphatic rings. The van der Waals surface area contributed by atoms with Gasteiger partial charge in [-0.15, -0.1) is 11.8 Å². The summed E-state index contributed by atoms with van der Waals surface area (Å²) in [5.74, 6) is -1.76. The summed E-state index contributed by atoms with van der Waals surface area (Å²) in [6.07, 6.45) is -3.11. The van der Waals surface area contributed by atoms with E-state index >= 15 is 0 Å². The van der Waals surface area contributed by atoms with E-state index in [9.17, 15) is 18.0 Å². The Morgan fingerprint density at radius 2 is 2.00 bits per heavy atom. The molecule has 1 N–H and O–H groups in total. The van der Waals surface area contributed by atoms with Crippen molar-refractivity contribution >= 4 is 17.7 Å². The number of hydrogen-bond donors (Lipinski definition) is 1. The lowest BCUT2D eigenvalue weighted by Gasteiger charge is -2.15. The second-order valence-corrected chi connectivity index (χ2v) is 3.91. The lowest BCUT2D eigenvalue weighted by molar-refractivity contribution is -0.139. The second kappa shape index (κ2) is 4.87. The molecule has 7 heteroatoms. The number of benzene rings is 1. The number of aromatic carboxylic acids is 1. The van der Waals surface area contributed by atoms with Crippen LogP contribution in [-0.4, -0.2) is 24.4 Å². The molecule has 0 saturated heterocycles. The van der Waals surface area contributed by atoms with Crippen molar-refractivity contribution in [2.45, 2.75) is 11.1 Å². The minimum absolute atomic E-state index is 0.139. The summed E-state index contributed by atoms with van der Waals surface area (Å²) in [4.78, 5) is 10.9. The van der Waals surface area contributed by atoms with Gasteiger partial charge in [0.25, 0.3) is 0 Å². The number of ether oxygens (including phenoxy) is 1. The number of methoxy groups -OCH3 is 1. The Morgan fingerprint density at radius 3 is 2.35 bits per heavy atom. The molecule has 0 spiro atoms. The van der Waals surface area contributed by atoms with Crippen molar-refractivity contribution in [2.24, 2.45) is 0 Å². The zero-order valence-electron chi connectivity index (χ0n) is 8.96. The molecule has 0 aliphatic heterocycles. The van der Waals surface area contributed by atoms with E-state index in [1.807, 2.05) is 0 Å². The van der Waals surface area contributed by atoms with E-state index in [1.165, 1.54) is 0 Å². The fourth-order valence-electron chi connectivity index (χ4n) is 1.30. The van der Waals surface area contributed by atoms with Gasteiger partial charge >= 0.3 is 12.1 Å². The molecule has 0 unspecified atom stereocenters. The summed E-state index contributed by atoms with van der Waals surface area (Å²) in [5.41, 5.74) is -1.49. The highest BCUT2D eigenvalue weighted by Crippen LogP contribution is 2.41. The quantitative estimate of drug-likeness (QED) is 0.854. The third kappa shape index (κ3) is 2.85. The van der Waals surface area contributed by atoms with Crippen LogP contribution in [0.2, 0.25) is 0 Å². The average Bonchev–Trinajstić information content (AvgIpc) is 2.25. The van der Waals surface area contributed by atoms with E-state index in [2.05, 4.69) is 0 Å². The summed E-state index contributed by atoms with van der Waals surface area (Å²) in [6.45, 7) is 0. The van der Waals surface area contributed by atoms with Crippen LogP contribution in [0, 0.1) is 0 Å². The molecule has 0 bridgehead atoms. The molecule has 0 amide bonds. The van der Waals surface area contributed by atoms with Crippen LogP contribution in [0.3, 0.4) is 0 Å². The van der Waals surface area contributed by atoms with Gasteiger partial charge < -0.3 is 9.84 Å². The molecule has 94 valence electrons. The highest BCUT2D eigenvalue weighted by Gasteiger charge is 2.36. The van der Waals surface area contributed by atoms with E-state index in [0.717, 1.165) is 24.9 Å². The van der Waals surface area contributed by atoms with Gasteiger partial charge in [-0.2, -0.15) is 13.2 Å². The molecule has 1 aromatic carbocycles. The lowest BCUT2D eigenvalue weighted by Crippen LogP contribution is -2.10. The zero-order valence-corrected chi connectivity index (χ0v) is 9.78. The molecular formula is C10H9F3O3S. The summed E-state index contributed by atoms with van der Waals surface area (Å²) in [5, 5.41) is 8.74. The SMILES string of the molecule is COc1c(SC)cc(C(=O)O)cc1C(F)(F)F. The van der Waals surface area contributed by atoms with E-state index in [0.29, 0.717) is 6.07 Å². The molecule has 1 rings (SSSR count). The van der Waals surface area contributed by atoms with E-state index in [1.54, 1.807) is 6.26 Å². The third-order valence-electron chi connectivity index (χ3n) is 2.03. The monoisotopic (exact) mass is 266 g/mol. The first-order valence-electron chi connectivity index (χ1n) is 4.37. The fourth-order valence-corrected chi connectivity index (χ4v) is 1.92. The fraction of sp³-hybridized carbons (Fsp3) is 0.300. The molecular weight excluding hydrogens is 257 g/mol. The van der Waals surface area contributed by atoms with Crippen molar-refractivity contribution in [1.82, 2.24) is 0 Å². The van der Waals surface area contributed by atoms with Gasteiger partial charge in [0.15, 0.2) is 0 Å². The Bertz CT molecular complexity index is 443. The molecule has 3 nitrogen and oxygen atoms in total. The van der Waals surface area contributed by atoms with Crippen LogP contribution >= 0.6 is 11.8 Å². The average molecular weight is 266 g/mol. The number of hydrogen-bond acceptors (Lipinski definition) is 3. The molecule has 0 radical (unpaired) electrons. The van der Waals surface area contributed by atoms with Gasteiger partial charge in [-0.3, -0.25) is 0 Å². The number of thioether (sulfide) groups is 1. The summed E-state index contributed by atoms with van der Waals surface area (Å²) >= 11 is 0.994. The molecule has 0 aliphatic carbocycles. The predicted octanol–water partition coefficient (Wildman–Crippen LogP) is 3.13. The second-order valence-electron chi connectivity index (χ2n) is 3.06. The lowest BCUT2D eigenvalue weighted by atomic mass is 10.1. The van der Waals surface area contributed by atoms with Crippen LogP contribution in [-0.2, 0) is 6.18 Å². The molecule has 0 heterocycles. The van der Waals surface area contributed by atoms with Crippen molar-refractivity contribution in [1.29, 1.82) is 0 Å². The Labute approximate surface area is 99.6 Å². The minimum atomic E-state index is -4.65. The number of carboxylic acids is 1. The van der Waals surface area contributed by atoms with Gasteiger partial charge in [-0.1, -0.05) is 0 Å². The Hall–Kier alpha value is -1.37. The van der Waals surface area contributed by atoms with Crippen molar-refractivity contribution in [2.75, 3.05) is 13.4 Å². The topological polar surface area (TPSA) is 46.5 Å². The van der Waals surface area contributed by atoms with Gasteiger partial charge in [0.2, 0.25) is 0 Å². The van der Waals surface area contributed by atoms with Crippen LogP contribution in [0.25, 0.3) is 0 Å². The Balaban J connectivity index is 3.54. The Morgan fingerprint density at radius 1 is 1.41 bits per heavy atom. The standard InChI is InChI=1S/C10H9F3O3S/c1-16-8-6(10(11,12)13)3-5(9(14)15)4-7(8)17-2/h3-4H,1-2H3,(H,14,15). The molecule has 17 heavy (non-hydrogen) atoms. The first kappa shape index (κ1) is 13.7. The van der Waals surface area contributed by atoms with Crippen LogP contribution in [0.5, 0.6) is 5.75 Å². The van der Waals surface area contributed by atoms with Crippen LogP contribution in [0.4, 0.5) is 13.2 Å². The largest absolute Gasteiger partial charge is 0.495 e. The number of alkyl halides is 3. The smallest absolute Gasteiger partial charge is 0.420 e. The van der Waals surface area contributed by atoms with Gasteiger partial charge in [-0.05, 0) is 18.4 Å². The number of halogens is 3. The maximum Gasteiger partial charge on any atom is 0.420 e. The number of carboxylic acid groups (broad SMARTS) is 1. The van der Waals surface area contributed by atoms with Crippen LogP contribution in [0.1, 0.15) is 15.9 Å². The molecule has 0 atom stereocenters. The summed E-state index contributed by atoms with van der Waals surface area (Å²) in [7, 11) is 1.12. The van der Waals surface area contributed by atoms with Gasteiger partial charge in [-0.25, -0.2) is 4.79 Å². The first-order valence-corrected chi connectivity index (χ1v) is 5.60. The van der Waals surface area contributed by atoms with Crippen molar-refractivity contribution < 1.29 is 27.8 Å². The van der Waals surface area contributed by atoms with Crippen molar-refractivity contribution in [3.8, 4) is 5.75 Å². The number of carbonyl (C=O) groups is 1. The van der Waals surface area contributed by atoms with E-state index in [-0.39, 0.29) is 10.6 Å². The normalized spacial score (nSPS) is 11.4. The van der Waals surface area contributed by atoms with Gasteiger partial charge in [0.1, 0.15) is 5.75 Å². The van der Waals surface area contributed by atoms with Crippen molar-refractivity contribution in [3.63, 3.8) is 0 Å². The first-order chi connectivity index (χ1) is 7.81. The number of rotatable bonds is 3. The van der Waals surface area contributed by atoms with E-state index in [4.69, 9.17) is 9.84 Å². The minimum Gasteiger partial charge on any atom is -0.495 e. The van der Waals surface area contributed by atoms with Gasteiger partial charge in [0, 0.05) is 0 Å². The van der Waals surface area contributed by atoms with Crippen molar-refractivity contribution in [3.05, 3.63) is 23.3 Å². The van der Waals surface area contributed by atoms with E-state index < -0.39 is 23.3 Å². The maximum atomic E-state index is 12.7. The highest BCUT2D eigenvalue weighted by atomic mass is 32.2. The summed E-state index contributed by atoms with van der Waals surface area (Å²) in [6, 6.07) is 1.72. The molecule has 1 aromatic rings. The molecule has 0 aromatic heterocycles. The predicted molar refractivity (Wildman–Crippen MR) is 56.7 cm³/mol. The highest BCUT2D eigenvalue weighted by molar-refractivity contribution is 7.98. The van der Waals surface area contributed by atoms with Crippen LogP contribution < -0.4 is 4.74 Å². The molecule has 0 saturated carbocycles. The maximum absolute atomic E-state index is 12.7. The third-order valence-corrected chi connectivity index (χ3v) is 2.77. The Kier molecular flexibility index (Phi) is 3.92. The zero-order chi connectivity index (χ0) is 13.2. The van der Waals surface area contributed by atoms with Gasteiger partial charge in [0.05, 0.1) is 23.1 Å². The van der Waals surface area contributed by atoms with Crippen LogP contribution in [0.15, 0.2) is 17.0 Å².